The monoisotopic (exact) mass is 220 g/mol. The molecule has 2 nitrogen and oxygen atoms in total. The van der Waals surface area contributed by atoms with Gasteiger partial charge in [0.1, 0.15) is 5.76 Å². The Morgan fingerprint density at radius 2 is 1.80 bits per heavy atom. The van der Waals surface area contributed by atoms with Crippen molar-refractivity contribution in [3.8, 4) is 0 Å². The zero-order valence-corrected chi connectivity index (χ0v) is 8.91. The Morgan fingerprint density at radius 3 is 2.33 bits per heavy atom. The lowest BCUT2D eigenvalue weighted by Gasteiger charge is -1.97. The van der Waals surface area contributed by atoms with Gasteiger partial charge in [-0.3, -0.25) is 4.79 Å². The normalized spacial score (nSPS) is 10.3. The van der Waals surface area contributed by atoms with Gasteiger partial charge in [-0.15, -0.1) is 0 Å². The SMILES string of the molecule is Cc1ccc(C(=O)c2ccc(Cl)cc2)o1. The molecule has 1 aromatic carbocycles. The van der Waals surface area contributed by atoms with Gasteiger partial charge in [0, 0.05) is 10.6 Å². The molecule has 0 saturated carbocycles. The molecule has 0 fully saturated rings. The lowest BCUT2D eigenvalue weighted by Crippen LogP contribution is -1.98. The van der Waals surface area contributed by atoms with Crippen LogP contribution < -0.4 is 0 Å². The minimum absolute atomic E-state index is 0.125. The highest BCUT2D eigenvalue weighted by Gasteiger charge is 2.12. The van der Waals surface area contributed by atoms with Gasteiger partial charge >= 0.3 is 0 Å². The molecule has 0 aliphatic carbocycles. The van der Waals surface area contributed by atoms with E-state index >= 15 is 0 Å². The lowest BCUT2D eigenvalue weighted by atomic mass is 10.1. The number of ketones is 1. The molecule has 2 aromatic rings. The van der Waals surface area contributed by atoms with E-state index in [0.717, 1.165) is 5.76 Å². The van der Waals surface area contributed by atoms with E-state index in [4.69, 9.17) is 16.0 Å². The molecule has 0 saturated heterocycles. The quantitative estimate of drug-likeness (QED) is 0.726. The maximum Gasteiger partial charge on any atom is 0.228 e. The first kappa shape index (κ1) is 9.99. The summed E-state index contributed by atoms with van der Waals surface area (Å²) in [6.07, 6.45) is 0. The van der Waals surface area contributed by atoms with Crippen LogP contribution >= 0.6 is 11.6 Å². The average Bonchev–Trinajstić information content (AvgIpc) is 2.65. The van der Waals surface area contributed by atoms with Gasteiger partial charge in [-0.1, -0.05) is 11.6 Å². The molecule has 3 heteroatoms. The van der Waals surface area contributed by atoms with Crippen molar-refractivity contribution >= 4 is 17.4 Å². The predicted molar refractivity (Wildman–Crippen MR) is 58.3 cm³/mol. The molecular formula is C12H9ClO2. The molecular weight excluding hydrogens is 212 g/mol. The van der Waals surface area contributed by atoms with Crippen LogP contribution in [0.2, 0.25) is 5.02 Å². The first-order valence-electron chi connectivity index (χ1n) is 4.53. The number of hydrogen-bond acceptors (Lipinski definition) is 2. The van der Waals surface area contributed by atoms with E-state index in [1.807, 2.05) is 0 Å². The van der Waals surface area contributed by atoms with Gasteiger partial charge in [-0.2, -0.15) is 0 Å². The topological polar surface area (TPSA) is 30.2 Å². The Kier molecular flexibility index (Phi) is 2.60. The molecule has 0 unspecified atom stereocenters. The van der Waals surface area contributed by atoms with Gasteiger partial charge < -0.3 is 4.42 Å². The third kappa shape index (κ3) is 2.10. The van der Waals surface area contributed by atoms with Crippen molar-refractivity contribution in [3.63, 3.8) is 0 Å². The van der Waals surface area contributed by atoms with Gasteiger partial charge in [-0.05, 0) is 43.3 Å². The summed E-state index contributed by atoms with van der Waals surface area (Å²) in [6, 6.07) is 10.2. The Balaban J connectivity index is 2.32. The maximum atomic E-state index is 11.8. The van der Waals surface area contributed by atoms with Crippen LogP contribution in [0.15, 0.2) is 40.8 Å². The van der Waals surface area contributed by atoms with Gasteiger partial charge in [0.05, 0.1) is 0 Å². The van der Waals surface area contributed by atoms with Crippen LogP contribution in [0.25, 0.3) is 0 Å². The number of rotatable bonds is 2. The van der Waals surface area contributed by atoms with Crippen molar-refractivity contribution in [2.45, 2.75) is 6.92 Å². The molecule has 0 radical (unpaired) electrons. The third-order valence-corrected chi connectivity index (χ3v) is 2.32. The Hall–Kier alpha value is -1.54. The van der Waals surface area contributed by atoms with Crippen LogP contribution in [0.4, 0.5) is 0 Å². The minimum Gasteiger partial charge on any atom is -0.458 e. The molecule has 0 aliphatic heterocycles. The molecule has 0 N–H and O–H groups in total. The predicted octanol–water partition coefficient (Wildman–Crippen LogP) is 3.47. The molecule has 0 spiro atoms. The lowest BCUT2D eigenvalue weighted by molar-refractivity contribution is 0.101. The van der Waals surface area contributed by atoms with Crippen LogP contribution in [0.5, 0.6) is 0 Å². The summed E-state index contributed by atoms with van der Waals surface area (Å²) in [5.41, 5.74) is 0.578. The molecule has 1 heterocycles. The number of furan rings is 1. The molecule has 0 aliphatic rings. The fourth-order valence-corrected chi connectivity index (χ4v) is 1.43. The minimum atomic E-state index is -0.125. The number of carbonyl (C=O) groups is 1. The van der Waals surface area contributed by atoms with Crippen LogP contribution in [-0.2, 0) is 0 Å². The first-order valence-corrected chi connectivity index (χ1v) is 4.91. The fraction of sp³-hybridized carbons (Fsp3) is 0.0833. The number of halogens is 1. The summed E-state index contributed by atoms with van der Waals surface area (Å²) in [5, 5.41) is 0.613. The second-order valence-corrected chi connectivity index (χ2v) is 3.68. The van der Waals surface area contributed by atoms with E-state index in [9.17, 15) is 4.79 Å². The third-order valence-electron chi connectivity index (χ3n) is 2.07. The summed E-state index contributed by atoms with van der Waals surface area (Å²) < 4.78 is 5.25. The van der Waals surface area contributed by atoms with Crippen LogP contribution in [0.1, 0.15) is 21.9 Å². The first-order chi connectivity index (χ1) is 7.16. The molecule has 76 valence electrons. The van der Waals surface area contributed by atoms with E-state index in [1.54, 1.807) is 43.3 Å². The molecule has 0 bridgehead atoms. The summed E-state index contributed by atoms with van der Waals surface area (Å²) >= 11 is 5.73. The van der Waals surface area contributed by atoms with Crippen molar-refractivity contribution in [1.82, 2.24) is 0 Å². The maximum absolute atomic E-state index is 11.8. The standard InChI is InChI=1S/C12H9ClO2/c1-8-2-7-11(15-8)12(14)9-3-5-10(13)6-4-9/h2-7H,1H3. The van der Waals surface area contributed by atoms with E-state index in [-0.39, 0.29) is 5.78 Å². The highest BCUT2D eigenvalue weighted by molar-refractivity contribution is 6.30. The summed E-state index contributed by atoms with van der Waals surface area (Å²) in [5.74, 6) is 0.960. The van der Waals surface area contributed by atoms with Crippen molar-refractivity contribution in [3.05, 3.63) is 58.5 Å². The van der Waals surface area contributed by atoms with Crippen LogP contribution in [0, 0.1) is 6.92 Å². The van der Waals surface area contributed by atoms with Gasteiger partial charge in [0.2, 0.25) is 5.78 Å². The van der Waals surface area contributed by atoms with Gasteiger partial charge in [0.25, 0.3) is 0 Å². The van der Waals surface area contributed by atoms with E-state index in [1.165, 1.54) is 0 Å². The highest BCUT2D eigenvalue weighted by Crippen LogP contribution is 2.15. The fourth-order valence-electron chi connectivity index (χ4n) is 1.30. The van der Waals surface area contributed by atoms with E-state index in [2.05, 4.69) is 0 Å². The van der Waals surface area contributed by atoms with Gasteiger partial charge in [-0.25, -0.2) is 0 Å². The second-order valence-electron chi connectivity index (χ2n) is 3.25. The number of carbonyl (C=O) groups excluding carboxylic acids is 1. The van der Waals surface area contributed by atoms with Crippen LogP contribution in [0.3, 0.4) is 0 Å². The van der Waals surface area contributed by atoms with Crippen molar-refractivity contribution in [2.75, 3.05) is 0 Å². The molecule has 15 heavy (non-hydrogen) atoms. The Labute approximate surface area is 92.5 Å². The molecule has 1 aromatic heterocycles. The second kappa shape index (κ2) is 3.91. The summed E-state index contributed by atoms with van der Waals surface area (Å²) in [7, 11) is 0. The van der Waals surface area contributed by atoms with Crippen molar-refractivity contribution < 1.29 is 9.21 Å². The summed E-state index contributed by atoms with van der Waals surface area (Å²) in [4.78, 5) is 11.8. The van der Waals surface area contributed by atoms with E-state index in [0.29, 0.717) is 16.3 Å². The number of hydrogen-bond donors (Lipinski definition) is 0. The Bertz CT molecular complexity index is 483. The average molecular weight is 221 g/mol. The zero-order valence-electron chi connectivity index (χ0n) is 8.16. The van der Waals surface area contributed by atoms with E-state index < -0.39 is 0 Å². The van der Waals surface area contributed by atoms with Crippen LogP contribution in [-0.4, -0.2) is 5.78 Å². The van der Waals surface area contributed by atoms with Crippen molar-refractivity contribution in [1.29, 1.82) is 0 Å². The largest absolute Gasteiger partial charge is 0.458 e. The highest BCUT2D eigenvalue weighted by atomic mass is 35.5. The smallest absolute Gasteiger partial charge is 0.228 e. The van der Waals surface area contributed by atoms with Gasteiger partial charge in [0.15, 0.2) is 5.76 Å². The summed E-state index contributed by atoms with van der Waals surface area (Å²) in [6.45, 7) is 1.80. The molecule has 0 atom stereocenters. The Morgan fingerprint density at radius 1 is 1.13 bits per heavy atom. The van der Waals surface area contributed by atoms with Crippen molar-refractivity contribution in [2.24, 2.45) is 0 Å². The molecule has 0 amide bonds. The molecule has 2 rings (SSSR count). The number of aryl methyl sites for hydroxylation is 1. The number of benzene rings is 1. The zero-order chi connectivity index (χ0) is 10.8.